The van der Waals surface area contributed by atoms with Crippen molar-refractivity contribution in [2.45, 2.75) is 39.2 Å². The molecular weight excluding hydrogens is 362 g/mol. The fourth-order valence-electron chi connectivity index (χ4n) is 4.70. The Morgan fingerprint density at radius 1 is 1.10 bits per heavy atom. The normalized spacial score (nSPS) is 17.1. The fraction of sp³-hybridized carbons (Fsp3) is 0.391. The number of nitrogens with two attached hydrogens (primary N) is 1. The molecule has 0 aliphatic carbocycles. The van der Waals surface area contributed by atoms with Crippen LogP contribution in [0, 0.1) is 0 Å². The van der Waals surface area contributed by atoms with Crippen LogP contribution in [0.5, 0.6) is 0 Å². The lowest BCUT2D eigenvalue weighted by molar-refractivity contribution is -0.116. The van der Waals surface area contributed by atoms with Gasteiger partial charge in [-0.2, -0.15) is 0 Å². The van der Waals surface area contributed by atoms with Gasteiger partial charge in [0.1, 0.15) is 5.65 Å². The molecule has 0 bridgehead atoms. The van der Waals surface area contributed by atoms with Gasteiger partial charge in [-0.3, -0.25) is 9.69 Å². The quantitative estimate of drug-likeness (QED) is 0.745. The van der Waals surface area contributed by atoms with E-state index in [9.17, 15) is 4.79 Å². The van der Waals surface area contributed by atoms with E-state index in [1.54, 1.807) is 6.92 Å². The molecule has 0 unspecified atom stereocenters. The number of benzene rings is 1. The van der Waals surface area contributed by atoms with Crippen LogP contribution in [-0.4, -0.2) is 39.8 Å². The molecule has 150 valence electrons. The summed E-state index contributed by atoms with van der Waals surface area (Å²) < 4.78 is 2.15. The summed E-state index contributed by atoms with van der Waals surface area (Å²) in [6, 6.07) is 10.3. The molecule has 0 saturated carbocycles. The van der Waals surface area contributed by atoms with E-state index in [1.165, 1.54) is 30.5 Å². The topological polar surface area (TPSA) is 66.9 Å². The van der Waals surface area contributed by atoms with E-state index in [4.69, 9.17) is 10.7 Å². The lowest BCUT2D eigenvalue weighted by Crippen LogP contribution is -2.29. The van der Waals surface area contributed by atoms with E-state index in [-0.39, 0.29) is 5.91 Å². The Labute approximate surface area is 170 Å². The van der Waals surface area contributed by atoms with Gasteiger partial charge in [0, 0.05) is 43.1 Å². The summed E-state index contributed by atoms with van der Waals surface area (Å²) in [5, 5.41) is 0. The maximum atomic E-state index is 11.9. The highest BCUT2D eigenvalue weighted by molar-refractivity contribution is 5.94. The number of nitrogens with zero attached hydrogens (tertiary/aromatic N) is 4. The first kappa shape index (κ1) is 18.2. The summed E-state index contributed by atoms with van der Waals surface area (Å²) >= 11 is 0. The summed E-state index contributed by atoms with van der Waals surface area (Å²) in [6.07, 6.45) is 6.71. The molecule has 0 atom stereocenters. The SMILES string of the molecule is CC(=O)N1CCc2cc(-c3nc4ccc(N)cn4c3CN3CCCCC3)ccc21. The number of fused-ring (bicyclic) bond motifs is 2. The molecule has 2 aliphatic heterocycles. The number of likely N-dealkylation sites (tertiary alicyclic amines) is 1. The molecule has 1 saturated heterocycles. The summed E-state index contributed by atoms with van der Waals surface area (Å²) in [5.41, 5.74) is 13.3. The number of aromatic nitrogens is 2. The molecule has 1 aromatic carbocycles. The Hall–Kier alpha value is -2.86. The van der Waals surface area contributed by atoms with Gasteiger partial charge < -0.3 is 15.0 Å². The average Bonchev–Trinajstić information content (AvgIpc) is 3.30. The van der Waals surface area contributed by atoms with Crippen molar-refractivity contribution >= 4 is 22.9 Å². The number of pyridine rings is 1. The van der Waals surface area contributed by atoms with Gasteiger partial charge in [0.05, 0.1) is 11.4 Å². The molecule has 1 amide bonds. The van der Waals surface area contributed by atoms with Gasteiger partial charge in [-0.05, 0) is 62.2 Å². The van der Waals surface area contributed by atoms with Crippen LogP contribution in [0.3, 0.4) is 0 Å². The highest BCUT2D eigenvalue weighted by Crippen LogP contribution is 2.34. The number of carbonyl (C=O) groups is 1. The van der Waals surface area contributed by atoms with Gasteiger partial charge in [0.25, 0.3) is 0 Å². The third-order valence-corrected chi connectivity index (χ3v) is 6.19. The molecule has 1 fully saturated rings. The van der Waals surface area contributed by atoms with Crippen molar-refractivity contribution in [1.82, 2.24) is 14.3 Å². The third kappa shape index (κ3) is 3.27. The predicted molar refractivity (Wildman–Crippen MR) is 116 cm³/mol. The van der Waals surface area contributed by atoms with Crippen molar-refractivity contribution in [3.63, 3.8) is 0 Å². The van der Waals surface area contributed by atoms with Crippen LogP contribution in [-0.2, 0) is 17.8 Å². The number of nitrogen functional groups attached to an aromatic ring is 1. The summed E-state index contributed by atoms with van der Waals surface area (Å²) in [4.78, 5) is 21.2. The van der Waals surface area contributed by atoms with Gasteiger partial charge in [-0.1, -0.05) is 12.5 Å². The molecule has 0 radical (unpaired) electrons. The van der Waals surface area contributed by atoms with Gasteiger partial charge in [-0.25, -0.2) is 4.98 Å². The van der Waals surface area contributed by atoms with Gasteiger partial charge in [0.15, 0.2) is 0 Å². The molecule has 2 aliphatic rings. The molecule has 6 heteroatoms. The highest BCUT2D eigenvalue weighted by Gasteiger charge is 2.24. The van der Waals surface area contributed by atoms with E-state index in [2.05, 4.69) is 27.5 Å². The van der Waals surface area contributed by atoms with E-state index in [1.807, 2.05) is 23.2 Å². The molecule has 3 aromatic rings. The van der Waals surface area contributed by atoms with Crippen molar-refractivity contribution in [3.05, 3.63) is 47.8 Å². The molecule has 0 spiro atoms. The Balaban J connectivity index is 1.59. The standard InChI is InChI=1S/C23H27N5O/c1-16(29)27-12-9-17-13-18(5-7-20(17)27)23-21(15-26-10-3-2-4-11-26)28-14-19(24)6-8-22(28)25-23/h5-8,13-14H,2-4,9-12,15,24H2,1H3. The molecule has 29 heavy (non-hydrogen) atoms. The van der Waals surface area contributed by atoms with Gasteiger partial charge in [-0.15, -0.1) is 0 Å². The largest absolute Gasteiger partial charge is 0.398 e. The first-order valence-corrected chi connectivity index (χ1v) is 10.5. The zero-order chi connectivity index (χ0) is 20.0. The van der Waals surface area contributed by atoms with Crippen molar-refractivity contribution in [3.8, 4) is 11.3 Å². The van der Waals surface area contributed by atoms with E-state index >= 15 is 0 Å². The van der Waals surface area contributed by atoms with Crippen LogP contribution in [0.2, 0.25) is 0 Å². The minimum atomic E-state index is 0.102. The second-order valence-corrected chi connectivity index (χ2v) is 8.20. The van der Waals surface area contributed by atoms with Crippen molar-refractivity contribution < 1.29 is 4.79 Å². The van der Waals surface area contributed by atoms with Crippen molar-refractivity contribution in [2.75, 3.05) is 30.3 Å². The maximum absolute atomic E-state index is 11.9. The van der Waals surface area contributed by atoms with Crippen LogP contribution in [0.15, 0.2) is 36.5 Å². The monoisotopic (exact) mass is 389 g/mol. The van der Waals surface area contributed by atoms with E-state index in [0.717, 1.165) is 60.9 Å². The Kier molecular flexibility index (Phi) is 4.51. The summed E-state index contributed by atoms with van der Waals surface area (Å²) in [6.45, 7) is 5.53. The fourth-order valence-corrected chi connectivity index (χ4v) is 4.70. The number of hydrogen-bond donors (Lipinski definition) is 1. The minimum absolute atomic E-state index is 0.102. The summed E-state index contributed by atoms with van der Waals surface area (Å²) in [7, 11) is 0. The lowest BCUT2D eigenvalue weighted by atomic mass is 10.0. The zero-order valence-corrected chi connectivity index (χ0v) is 16.9. The summed E-state index contributed by atoms with van der Waals surface area (Å²) in [5.74, 6) is 0.102. The van der Waals surface area contributed by atoms with Gasteiger partial charge >= 0.3 is 0 Å². The maximum Gasteiger partial charge on any atom is 0.223 e. The first-order valence-electron chi connectivity index (χ1n) is 10.5. The van der Waals surface area contributed by atoms with Crippen molar-refractivity contribution in [2.24, 2.45) is 0 Å². The predicted octanol–water partition coefficient (Wildman–Crippen LogP) is 3.48. The molecule has 5 rings (SSSR count). The Morgan fingerprint density at radius 3 is 2.72 bits per heavy atom. The van der Waals surface area contributed by atoms with Crippen LogP contribution in [0.1, 0.15) is 37.4 Å². The molecule has 4 heterocycles. The van der Waals surface area contributed by atoms with Crippen LogP contribution >= 0.6 is 0 Å². The van der Waals surface area contributed by atoms with Crippen LogP contribution in [0.25, 0.3) is 16.9 Å². The number of amides is 1. The number of rotatable bonds is 3. The Morgan fingerprint density at radius 2 is 1.93 bits per heavy atom. The Bertz CT molecular complexity index is 1080. The molecular formula is C23H27N5O. The van der Waals surface area contributed by atoms with Crippen LogP contribution in [0.4, 0.5) is 11.4 Å². The zero-order valence-electron chi connectivity index (χ0n) is 16.9. The molecule has 6 nitrogen and oxygen atoms in total. The number of imidazole rings is 1. The second kappa shape index (κ2) is 7.19. The van der Waals surface area contributed by atoms with Crippen LogP contribution < -0.4 is 10.6 Å². The number of piperidine rings is 1. The smallest absolute Gasteiger partial charge is 0.223 e. The number of carbonyl (C=O) groups excluding carboxylic acids is 1. The van der Waals surface area contributed by atoms with E-state index < -0.39 is 0 Å². The van der Waals surface area contributed by atoms with Gasteiger partial charge in [0.2, 0.25) is 5.91 Å². The number of hydrogen-bond acceptors (Lipinski definition) is 4. The lowest BCUT2D eigenvalue weighted by Gasteiger charge is -2.26. The number of anilines is 2. The van der Waals surface area contributed by atoms with Crippen molar-refractivity contribution in [1.29, 1.82) is 0 Å². The second-order valence-electron chi connectivity index (χ2n) is 8.20. The minimum Gasteiger partial charge on any atom is -0.398 e. The third-order valence-electron chi connectivity index (χ3n) is 6.19. The highest BCUT2D eigenvalue weighted by atomic mass is 16.2. The first-order chi connectivity index (χ1) is 14.1. The molecule has 2 aromatic heterocycles. The van der Waals surface area contributed by atoms with E-state index in [0.29, 0.717) is 0 Å². The molecule has 2 N–H and O–H groups in total. The average molecular weight is 390 g/mol.